The van der Waals surface area contributed by atoms with Crippen LogP contribution in [-0.4, -0.2) is 31.2 Å². The molecule has 1 heterocycles. The lowest BCUT2D eigenvalue weighted by molar-refractivity contribution is -0.117. The van der Waals surface area contributed by atoms with Crippen molar-refractivity contribution in [1.29, 1.82) is 0 Å². The van der Waals surface area contributed by atoms with Crippen molar-refractivity contribution in [3.8, 4) is 22.6 Å². The number of aryl methyl sites for hydroxylation is 1. The summed E-state index contributed by atoms with van der Waals surface area (Å²) in [6, 6.07) is 22.2. The van der Waals surface area contributed by atoms with E-state index in [2.05, 4.69) is 34.6 Å². The molecule has 5 heteroatoms. The van der Waals surface area contributed by atoms with E-state index < -0.39 is 0 Å². The van der Waals surface area contributed by atoms with Crippen LogP contribution in [0.15, 0.2) is 85.2 Å². The van der Waals surface area contributed by atoms with Gasteiger partial charge in [0.25, 0.3) is 0 Å². The zero-order valence-electron chi connectivity index (χ0n) is 21.0. The molecule has 1 N–H and O–H groups in total. The molecular weight excluding hydrogens is 448 g/mol. The van der Waals surface area contributed by atoms with Crippen LogP contribution < -0.4 is 14.8 Å². The Morgan fingerprint density at radius 2 is 1.83 bits per heavy atom. The summed E-state index contributed by atoms with van der Waals surface area (Å²) in [5, 5.41) is 5.23. The van der Waals surface area contributed by atoms with Crippen molar-refractivity contribution in [2.75, 3.05) is 14.2 Å². The van der Waals surface area contributed by atoms with Gasteiger partial charge in [0, 0.05) is 24.5 Å². The average molecular weight is 481 g/mol. The van der Waals surface area contributed by atoms with Crippen molar-refractivity contribution in [1.82, 2.24) is 10.3 Å². The van der Waals surface area contributed by atoms with E-state index in [1.807, 2.05) is 61.7 Å². The number of aromatic nitrogens is 1. The maximum Gasteiger partial charge on any atom is 0.244 e. The molecule has 3 aromatic carbocycles. The summed E-state index contributed by atoms with van der Waals surface area (Å²) >= 11 is 0. The zero-order valence-corrected chi connectivity index (χ0v) is 21.0. The topological polar surface area (TPSA) is 60.5 Å². The Labute approximate surface area is 212 Å². The molecule has 0 bridgehead atoms. The molecule has 0 saturated carbocycles. The molecule has 36 heavy (non-hydrogen) atoms. The minimum absolute atomic E-state index is 0.0840. The summed E-state index contributed by atoms with van der Waals surface area (Å²) in [5.41, 5.74) is 4.24. The van der Waals surface area contributed by atoms with E-state index in [1.54, 1.807) is 26.5 Å². The van der Waals surface area contributed by atoms with Crippen LogP contribution in [-0.2, 0) is 11.2 Å². The fourth-order valence-electron chi connectivity index (χ4n) is 4.38. The number of fused-ring (bicyclic) bond motifs is 1. The summed E-state index contributed by atoms with van der Waals surface area (Å²) in [6.07, 6.45) is 10.0. The van der Waals surface area contributed by atoms with Gasteiger partial charge in [-0.05, 0) is 95.6 Å². The highest BCUT2D eigenvalue weighted by atomic mass is 16.5. The van der Waals surface area contributed by atoms with Gasteiger partial charge < -0.3 is 14.8 Å². The second kappa shape index (κ2) is 12.0. The summed E-state index contributed by atoms with van der Waals surface area (Å²) in [4.78, 5) is 16.9. The number of nitrogens with zero attached hydrogens (tertiary/aromatic N) is 1. The first-order chi connectivity index (χ1) is 17.6. The molecule has 4 aromatic rings. The summed E-state index contributed by atoms with van der Waals surface area (Å²) in [6.45, 7) is 2.04. The van der Waals surface area contributed by atoms with Crippen LogP contribution in [0.25, 0.3) is 28.0 Å². The Bertz CT molecular complexity index is 1350. The van der Waals surface area contributed by atoms with Crippen molar-refractivity contribution >= 4 is 22.8 Å². The molecule has 4 rings (SSSR count). The Morgan fingerprint density at radius 1 is 1.00 bits per heavy atom. The number of rotatable bonds is 10. The van der Waals surface area contributed by atoms with Gasteiger partial charge in [-0.2, -0.15) is 0 Å². The predicted octanol–water partition coefficient (Wildman–Crippen LogP) is 6.46. The SMILES string of the molecule is COc1cccc(-c2c(/C=C/C(=O)NC(C)CCCc3cccnc3)ccc3cc(OC)ccc23)c1. The van der Waals surface area contributed by atoms with Crippen molar-refractivity contribution in [3.63, 3.8) is 0 Å². The van der Waals surface area contributed by atoms with Crippen LogP contribution in [0, 0.1) is 0 Å². The number of amides is 1. The third-order valence-electron chi connectivity index (χ3n) is 6.25. The van der Waals surface area contributed by atoms with E-state index in [1.165, 1.54) is 5.56 Å². The van der Waals surface area contributed by atoms with E-state index in [4.69, 9.17) is 9.47 Å². The molecule has 1 atom stereocenters. The van der Waals surface area contributed by atoms with Gasteiger partial charge in [0.2, 0.25) is 5.91 Å². The lowest BCUT2D eigenvalue weighted by Gasteiger charge is -2.14. The first kappa shape index (κ1) is 25.0. The van der Waals surface area contributed by atoms with Crippen LogP contribution in [0.3, 0.4) is 0 Å². The summed E-state index contributed by atoms with van der Waals surface area (Å²) in [5.74, 6) is 1.49. The average Bonchev–Trinajstić information content (AvgIpc) is 2.91. The number of nitrogens with one attached hydrogen (secondary N) is 1. The van der Waals surface area contributed by atoms with Crippen LogP contribution in [0.2, 0.25) is 0 Å². The molecule has 1 unspecified atom stereocenters. The fraction of sp³-hybridized carbons (Fsp3) is 0.226. The fourth-order valence-corrected chi connectivity index (χ4v) is 4.38. The number of carbonyl (C=O) groups is 1. The minimum atomic E-state index is -0.102. The molecule has 0 aliphatic carbocycles. The second-order valence-electron chi connectivity index (χ2n) is 8.85. The number of pyridine rings is 1. The van der Waals surface area contributed by atoms with Gasteiger partial charge >= 0.3 is 0 Å². The molecule has 184 valence electrons. The van der Waals surface area contributed by atoms with E-state index >= 15 is 0 Å². The Balaban J connectivity index is 1.52. The lowest BCUT2D eigenvalue weighted by atomic mass is 9.92. The smallest absolute Gasteiger partial charge is 0.244 e. The Hall–Kier alpha value is -4.12. The number of methoxy groups -OCH3 is 2. The van der Waals surface area contributed by atoms with Crippen LogP contribution in [0.4, 0.5) is 0 Å². The molecule has 0 spiro atoms. The van der Waals surface area contributed by atoms with Crippen molar-refractivity contribution in [2.24, 2.45) is 0 Å². The minimum Gasteiger partial charge on any atom is -0.497 e. The zero-order chi connectivity index (χ0) is 25.3. The number of hydrogen-bond acceptors (Lipinski definition) is 4. The Kier molecular flexibility index (Phi) is 8.35. The molecule has 0 radical (unpaired) electrons. The summed E-state index contributed by atoms with van der Waals surface area (Å²) in [7, 11) is 3.33. The van der Waals surface area contributed by atoms with Gasteiger partial charge in [-0.25, -0.2) is 0 Å². The standard InChI is InChI=1S/C31H32N2O3/c1-22(7-4-8-23-9-6-18-32-21-23)33-30(34)17-14-24-12-13-25-19-28(36-3)15-16-29(25)31(24)26-10-5-11-27(20-26)35-2/h5-6,9-22H,4,7-8H2,1-3H3,(H,33,34)/b17-14+. The van der Waals surface area contributed by atoms with Crippen molar-refractivity contribution in [2.45, 2.75) is 32.2 Å². The predicted molar refractivity (Wildman–Crippen MR) is 146 cm³/mol. The second-order valence-corrected chi connectivity index (χ2v) is 8.85. The third kappa shape index (κ3) is 6.30. The van der Waals surface area contributed by atoms with Gasteiger partial charge in [-0.3, -0.25) is 9.78 Å². The van der Waals surface area contributed by atoms with Gasteiger partial charge in [0.1, 0.15) is 11.5 Å². The molecule has 0 saturated heterocycles. The number of carbonyl (C=O) groups excluding carboxylic acids is 1. The Morgan fingerprint density at radius 3 is 2.61 bits per heavy atom. The molecule has 0 aliphatic heterocycles. The van der Waals surface area contributed by atoms with E-state index in [0.717, 1.165) is 58.2 Å². The first-order valence-electron chi connectivity index (χ1n) is 12.2. The van der Waals surface area contributed by atoms with E-state index in [0.29, 0.717) is 0 Å². The van der Waals surface area contributed by atoms with Crippen LogP contribution in [0.1, 0.15) is 30.9 Å². The van der Waals surface area contributed by atoms with Gasteiger partial charge in [-0.15, -0.1) is 0 Å². The molecule has 1 amide bonds. The number of benzene rings is 3. The van der Waals surface area contributed by atoms with Gasteiger partial charge in [-0.1, -0.05) is 36.4 Å². The van der Waals surface area contributed by atoms with Crippen molar-refractivity contribution < 1.29 is 14.3 Å². The van der Waals surface area contributed by atoms with Gasteiger partial charge in [0.05, 0.1) is 14.2 Å². The molecular formula is C31H32N2O3. The van der Waals surface area contributed by atoms with Crippen LogP contribution in [0.5, 0.6) is 11.5 Å². The third-order valence-corrected chi connectivity index (χ3v) is 6.25. The highest BCUT2D eigenvalue weighted by Crippen LogP contribution is 2.36. The van der Waals surface area contributed by atoms with Crippen molar-refractivity contribution in [3.05, 3.63) is 96.3 Å². The highest BCUT2D eigenvalue weighted by Gasteiger charge is 2.12. The number of ether oxygens (including phenoxy) is 2. The molecule has 0 fully saturated rings. The first-order valence-corrected chi connectivity index (χ1v) is 12.2. The normalized spacial score (nSPS) is 12.0. The molecule has 0 aliphatic rings. The van der Waals surface area contributed by atoms with Gasteiger partial charge in [0.15, 0.2) is 0 Å². The maximum atomic E-state index is 12.7. The van der Waals surface area contributed by atoms with Crippen LogP contribution >= 0.6 is 0 Å². The molecule has 1 aromatic heterocycles. The van der Waals surface area contributed by atoms with E-state index in [-0.39, 0.29) is 11.9 Å². The molecule has 5 nitrogen and oxygen atoms in total. The lowest BCUT2D eigenvalue weighted by Crippen LogP contribution is -2.31. The quantitative estimate of drug-likeness (QED) is 0.265. The summed E-state index contributed by atoms with van der Waals surface area (Å²) < 4.78 is 10.9. The van der Waals surface area contributed by atoms with E-state index in [9.17, 15) is 4.79 Å². The largest absolute Gasteiger partial charge is 0.497 e. The monoisotopic (exact) mass is 480 g/mol. The number of hydrogen-bond donors (Lipinski definition) is 1. The maximum absolute atomic E-state index is 12.7. The highest BCUT2D eigenvalue weighted by molar-refractivity contribution is 6.03.